The molecule has 2 aliphatic heterocycles. The maximum atomic E-state index is 12.5. The highest BCUT2D eigenvalue weighted by atomic mass is 35.5. The summed E-state index contributed by atoms with van der Waals surface area (Å²) in [5, 5.41) is -0.176. The second kappa shape index (κ2) is 10.4. The topological polar surface area (TPSA) is 53.1 Å². The Kier molecular flexibility index (Phi) is 8.47. The molecule has 0 unspecified atom stereocenters. The normalized spacial score (nSPS) is 18.2. The number of hydrogen-bond acceptors (Lipinski definition) is 6. The van der Waals surface area contributed by atoms with E-state index < -0.39 is 12.8 Å². The molecule has 0 radical (unpaired) electrons. The number of thioether (sulfide) groups is 1. The molecule has 11 heteroatoms. The van der Waals surface area contributed by atoms with Gasteiger partial charge >= 0.3 is 6.18 Å². The molecule has 6 nitrogen and oxygen atoms in total. The first kappa shape index (κ1) is 23.6. The minimum absolute atomic E-state index is 0. The molecule has 0 saturated carbocycles. The second-order valence-electron chi connectivity index (χ2n) is 6.65. The van der Waals surface area contributed by atoms with Crippen LogP contribution in [0.25, 0.3) is 0 Å². The molecule has 0 N–H and O–H groups in total. The Morgan fingerprint density at radius 1 is 1.03 bits per heavy atom. The Hall–Kier alpha value is -1.65. The molecule has 2 amide bonds. The van der Waals surface area contributed by atoms with Crippen LogP contribution >= 0.6 is 24.2 Å². The van der Waals surface area contributed by atoms with Crippen molar-refractivity contribution in [2.45, 2.75) is 12.6 Å². The van der Waals surface area contributed by atoms with Gasteiger partial charge in [-0.25, -0.2) is 0 Å². The number of carbonyl (C=O) groups is 2. The number of carbonyl (C=O) groups excluding carboxylic acids is 2. The third-order valence-corrected chi connectivity index (χ3v) is 5.52. The van der Waals surface area contributed by atoms with Gasteiger partial charge in [-0.15, -0.1) is 12.4 Å². The summed E-state index contributed by atoms with van der Waals surface area (Å²) in [6.07, 6.45) is -3.66. The number of rotatable bonds is 7. The number of para-hydroxylation sites is 2. The summed E-state index contributed by atoms with van der Waals surface area (Å²) < 4.78 is 42.3. The van der Waals surface area contributed by atoms with Crippen molar-refractivity contribution in [3.05, 3.63) is 24.3 Å². The first-order valence-corrected chi connectivity index (χ1v) is 10.0. The van der Waals surface area contributed by atoms with Crippen LogP contribution < -0.4 is 9.64 Å². The van der Waals surface area contributed by atoms with Gasteiger partial charge in [-0.3, -0.25) is 19.4 Å². The van der Waals surface area contributed by atoms with Gasteiger partial charge in [0.15, 0.2) is 6.61 Å². The van der Waals surface area contributed by atoms with Crippen LogP contribution in [0.4, 0.5) is 23.7 Å². The van der Waals surface area contributed by atoms with Gasteiger partial charge in [-0.05, 0) is 25.1 Å². The van der Waals surface area contributed by atoms with E-state index >= 15 is 0 Å². The molecule has 0 aliphatic carbocycles. The zero-order valence-corrected chi connectivity index (χ0v) is 17.3. The van der Waals surface area contributed by atoms with Crippen molar-refractivity contribution < 1.29 is 27.5 Å². The van der Waals surface area contributed by atoms with Crippen LogP contribution in [0.5, 0.6) is 5.75 Å². The van der Waals surface area contributed by atoms with Crippen LogP contribution in [0.1, 0.15) is 6.42 Å². The molecule has 29 heavy (non-hydrogen) atoms. The summed E-state index contributed by atoms with van der Waals surface area (Å²) in [5.41, 5.74) is 0.664. The Labute approximate surface area is 177 Å². The van der Waals surface area contributed by atoms with E-state index in [0.29, 0.717) is 31.7 Å². The molecular weight excluding hydrogens is 431 g/mol. The molecule has 2 saturated heterocycles. The molecule has 0 bridgehead atoms. The van der Waals surface area contributed by atoms with E-state index in [1.807, 2.05) is 4.90 Å². The van der Waals surface area contributed by atoms with E-state index in [0.717, 1.165) is 31.4 Å². The SMILES string of the molecule is Cl.O=C1CSC(=O)N1CCCN1CCN(c2ccccc2OCC(F)(F)F)CC1. The van der Waals surface area contributed by atoms with E-state index in [2.05, 4.69) is 4.90 Å². The maximum Gasteiger partial charge on any atom is 0.422 e. The van der Waals surface area contributed by atoms with Crippen LogP contribution in [0.3, 0.4) is 0 Å². The number of benzene rings is 1. The molecular formula is C18H23ClF3N3O3S. The van der Waals surface area contributed by atoms with Crippen LogP contribution in [0, 0.1) is 0 Å². The number of amides is 2. The minimum Gasteiger partial charge on any atom is -0.482 e. The molecule has 3 rings (SSSR count). The molecule has 1 aromatic carbocycles. The number of imide groups is 1. The Morgan fingerprint density at radius 2 is 1.72 bits per heavy atom. The van der Waals surface area contributed by atoms with Crippen molar-refractivity contribution in [3.63, 3.8) is 0 Å². The number of piperazine rings is 1. The van der Waals surface area contributed by atoms with Crippen LogP contribution in [-0.4, -0.2) is 78.8 Å². The molecule has 2 fully saturated rings. The summed E-state index contributed by atoms with van der Waals surface area (Å²) in [7, 11) is 0. The summed E-state index contributed by atoms with van der Waals surface area (Å²) in [6.45, 7) is 2.74. The van der Waals surface area contributed by atoms with Gasteiger partial charge in [0.05, 0.1) is 11.4 Å². The summed E-state index contributed by atoms with van der Waals surface area (Å²) in [5.74, 6) is 0.333. The third kappa shape index (κ3) is 6.68. The van der Waals surface area contributed by atoms with Crippen molar-refractivity contribution in [2.24, 2.45) is 0 Å². The average Bonchev–Trinajstić information content (AvgIpc) is 2.99. The van der Waals surface area contributed by atoms with Crippen molar-refractivity contribution in [2.75, 3.05) is 56.5 Å². The van der Waals surface area contributed by atoms with Gasteiger partial charge < -0.3 is 9.64 Å². The quantitative estimate of drug-likeness (QED) is 0.631. The zero-order valence-electron chi connectivity index (χ0n) is 15.7. The number of anilines is 1. The zero-order chi connectivity index (χ0) is 20.1. The van der Waals surface area contributed by atoms with Crippen molar-refractivity contribution >= 4 is 41.0 Å². The molecule has 162 valence electrons. The number of nitrogens with zero attached hydrogens (tertiary/aromatic N) is 3. The maximum absolute atomic E-state index is 12.5. The minimum atomic E-state index is -4.37. The van der Waals surface area contributed by atoms with Gasteiger partial charge in [-0.1, -0.05) is 23.9 Å². The van der Waals surface area contributed by atoms with Crippen molar-refractivity contribution in [1.29, 1.82) is 0 Å². The van der Waals surface area contributed by atoms with Gasteiger partial charge in [0, 0.05) is 32.7 Å². The molecule has 0 spiro atoms. The number of hydrogen-bond donors (Lipinski definition) is 0. The molecule has 2 heterocycles. The first-order chi connectivity index (χ1) is 13.3. The number of alkyl halides is 3. The van der Waals surface area contributed by atoms with E-state index in [1.54, 1.807) is 24.3 Å². The molecule has 0 atom stereocenters. The van der Waals surface area contributed by atoms with Crippen molar-refractivity contribution in [1.82, 2.24) is 9.80 Å². The highest BCUT2D eigenvalue weighted by molar-refractivity contribution is 8.14. The van der Waals surface area contributed by atoms with Gasteiger partial charge in [0.2, 0.25) is 5.91 Å². The summed E-state index contributed by atoms with van der Waals surface area (Å²) in [6, 6.07) is 6.76. The Morgan fingerprint density at radius 3 is 2.34 bits per heavy atom. The lowest BCUT2D eigenvalue weighted by Crippen LogP contribution is -2.47. The standard InChI is InChI=1S/C18H22F3N3O3S.ClH/c19-18(20,21)13-27-15-5-2-1-4-14(15)23-10-8-22(9-11-23)6-3-7-24-16(25)12-28-17(24)26;/h1-2,4-5H,3,6-13H2;1H. The average molecular weight is 454 g/mol. The largest absolute Gasteiger partial charge is 0.482 e. The van der Waals surface area contributed by atoms with Gasteiger partial charge in [-0.2, -0.15) is 13.2 Å². The summed E-state index contributed by atoms with van der Waals surface area (Å²) >= 11 is 1.04. The fraction of sp³-hybridized carbons (Fsp3) is 0.556. The van der Waals surface area contributed by atoms with E-state index in [4.69, 9.17) is 4.74 Å². The first-order valence-electron chi connectivity index (χ1n) is 9.06. The molecule has 2 aliphatic rings. The van der Waals surface area contributed by atoms with E-state index in [-0.39, 0.29) is 35.1 Å². The fourth-order valence-electron chi connectivity index (χ4n) is 3.26. The van der Waals surface area contributed by atoms with Crippen molar-refractivity contribution in [3.8, 4) is 5.75 Å². The van der Waals surface area contributed by atoms with E-state index in [9.17, 15) is 22.8 Å². The van der Waals surface area contributed by atoms with Crippen LogP contribution in [0.2, 0.25) is 0 Å². The third-order valence-electron chi connectivity index (χ3n) is 4.67. The molecule has 0 aromatic heterocycles. The smallest absolute Gasteiger partial charge is 0.422 e. The highest BCUT2D eigenvalue weighted by Crippen LogP contribution is 2.30. The number of halogens is 4. The second-order valence-corrected chi connectivity index (χ2v) is 7.58. The van der Waals surface area contributed by atoms with Crippen LogP contribution in [0.15, 0.2) is 24.3 Å². The highest BCUT2D eigenvalue weighted by Gasteiger charge is 2.30. The van der Waals surface area contributed by atoms with E-state index in [1.165, 1.54) is 4.90 Å². The molecule has 1 aromatic rings. The number of ether oxygens (including phenoxy) is 1. The van der Waals surface area contributed by atoms with Crippen LogP contribution in [-0.2, 0) is 4.79 Å². The predicted octanol–water partition coefficient (Wildman–Crippen LogP) is 3.26. The van der Waals surface area contributed by atoms with Gasteiger partial charge in [0.1, 0.15) is 5.75 Å². The summed E-state index contributed by atoms with van der Waals surface area (Å²) in [4.78, 5) is 28.7. The predicted molar refractivity (Wildman–Crippen MR) is 108 cm³/mol. The lowest BCUT2D eigenvalue weighted by atomic mass is 10.2. The lowest BCUT2D eigenvalue weighted by Gasteiger charge is -2.36. The Bertz CT molecular complexity index is 699. The fourth-order valence-corrected chi connectivity index (χ4v) is 4.01. The lowest BCUT2D eigenvalue weighted by molar-refractivity contribution is -0.153. The monoisotopic (exact) mass is 453 g/mol. The Balaban J connectivity index is 0.00000300. The van der Waals surface area contributed by atoms with Gasteiger partial charge in [0.25, 0.3) is 5.24 Å².